The Morgan fingerprint density at radius 3 is 2.49 bits per heavy atom. The summed E-state index contributed by atoms with van der Waals surface area (Å²) < 4.78 is 33.0. The lowest BCUT2D eigenvalue weighted by molar-refractivity contribution is -0.129. The van der Waals surface area contributed by atoms with E-state index in [2.05, 4.69) is 22.6 Å². The summed E-state index contributed by atoms with van der Waals surface area (Å²) in [5.41, 5.74) is 5.87. The molecule has 2 saturated heterocycles. The summed E-state index contributed by atoms with van der Waals surface area (Å²) in [7, 11) is -0.462. The number of piperazine rings is 1. The van der Waals surface area contributed by atoms with E-state index in [0.717, 1.165) is 72.1 Å². The average molecular weight is 604 g/mol. The summed E-state index contributed by atoms with van der Waals surface area (Å²) in [5.74, 6) is 0.288. The van der Waals surface area contributed by atoms with Gasteiger partial charge in [-0.1, -0.05) is 25.3 Å². The maximum Gasteiger partial charge on any atom is 0.298 e. The van der Waals surface area contributed by atoms with Crippen molar-refractivity contribution in [3.63, 3.8) is 0 Å². The molecule has 2 aromatic carbocycles. The second-order valence-corrected chi connectivity index (χ2v) is 13.7. The standard InChI is InChI=1S/C32H37N5O5S/c1-35-17-24-15-23(35)18-36(24)32(39)22-12-21-13-25(42-2)9-11-26(21)30-29(19-6-4-3-5-7-19)27-10-8-20(14-28(27)37(30)16-22)31(38)34-43(33,40)41/h8-14,19,23-24H,3-7,15-18H2,1-2H3,(H,34,38)(H2,33,40,41). The van der Waals surface area contributed by atoms with Gasteiger partial charge in [-0.3, -0.25) is 14.5 Å². The molecule has 11 heteroatoms. The van der Waals surface area contributed by atoms with Crippen molar-refractivity contribution in [2.45, 2.75) is 63.1 Å². The highest BCUT2D eigenvalue weighted by atomic mass is 32.2. The fourth-order valence-corrected chi connectivity index (χ4v) is 8.18. The van der Waals surface area contributed by atoms with Crippen molar-refractivity contribution in [2.75, 3.05) is 27.2 Å². The number of nitrogens with two attached hydrogens (primary N) is 1. The van der Waals surface area contributed by atoms with Gasteiger partial charge in [0.1, 0.15) is 5.75 Å². The molecule has 2 bridgehead atoms. The van der Waals surface area contributed by atoms with Crippen LogP contribution in [0.3, 0.4) is 0 Å². The molecule has 1 aliphatic carbocycles. The van der Waals surface area contributed by atoms with Gasteiger partial charge in [-0.2, -0.15) is 8.42 Å². The monoisotopic (exact) mass is 603 g/mol. The second kappa shape index (κ2) is 10.5. The summed E-state index contributed by atoms with van der Waals surface area (Å²) in [4.78, 5) is 31.5. The SMILES string of the molecule is COc1ccc2c(c1)C=C(C(=O)N1CC3CC1CN3C)Cn1c-2c(C2CCCCC2)c2ccc(C(=O)NS(N)(=O)=O)cc21. The van der Waals surface area contributed by atoms with E-state index < -0.39 is 16.1 Å². The first-order valence-corrected chi connectivity index (χ1v) is 16.6. The molecule has 2 atom stereocenters. The first-order chi connectivity index (χ1) is 20.6. The molecule has 1 aromatic heterocycles. The molecule has 226 valence electrons. The van der Waals surface area contributed by atoms with Crippen LogP contribution in [-0.4, -0.2) is 73.9 Å². The molecule has 4 aliphatic rings. The third-order valence-corrected chi connectivity index (χ3v) is 10.3. The van der Waals surface area contributed by atoms with Crippen molar-refractivity contribution < 1.29 is 22.7 Å². The van der Waals surface area contributed by atoms with E-state index in [1.54, 1.807) is 19.2 Å². The molecule has 0 radical (unpaired) electrons. The minimum absolute atomic E-state index is 0.0337. The van der Waals surface area contributed by atoms with Gasteiger partial charge in [-0.15, -0.1) is 0 Å². The predicted molar refractivity (Wildman–Crippen MR) is 165 cm³/mol. The molecule has 3 N–H and O–H groups in total. The Kier molecular flexibility index (Phi) is 6.87. The zero-order valence-corrected chi connectivity index (χ0v) is 25.3. The van der Waals surface area contributed by atoms with Crippen LogP contribution in [0.15, 0.2) is 42.0 Å². The number of hydrogen-bond donors (Lipinski definition) is 2. The van der Waals surface area contributed by atoms with E-state index in [0.29, 0.717) is 30.6 Å². The van der Waals surface area contributed by atoms with Gasteiger partial charge >= 0.3 is 0 Å². The molecule has 0 spiro atoms. The zero-order chi connectivity index (χ0) is 30.0. The van der Waals surface area contributed by atoms with Crippen LogP contribution in [0.2, 0.25) is 0 Å². The van der Waals surface area contributed by atoms with E-state index in [1.165, 1.54) is 12.0 Å². The largest absolute Gasteiger partial charge is 0.497 e. The average Bonchev–Trinajstić information content (AvgIpc) is 3.63. The maximum absolute atomic E-state index is 14.3. The fraction of sp³-hybridized carbons (Fsp3) is 0.438. The van der Waals surface area contributed by atoms with E-state index in [-0.39, 0.29) is 17.5 Å². The van der Waals surface area contributed by atoms with Crippen molar-refractivity contribution in [1.29, 1.82) is 0 Å². The van der Waals surface area contributed by atoms with Crippen molar-refractivity contribution in [3.05, 3.63) is 58.7 Å². The van der Waals surface area contributed by atoms with Gasteiger partial charge in [0.05, 0.1) is 19.3 Å². The number of nitrogens with one attached hydrogen (secondary N) is 1. The van der Waals surface area contributed by atoms with Gasteiger partial charge in [0.15, 0.2) is 0 Å². The van der Waals surface area contributed by atoms with Gasteiger partial charge in [0, 0.05) is 52.8 Å². The van der Waals surface area contributed by atoms with E-state index >= 15 is 0 Å². The summed E-state index contributed by atoms with van der Waals surface area (Å²) in [5, 5.41) is 6.13. The smallest absolute Gasteiger partial charge is 0.298 e. The lowest BCUT2D eigenvalue weighted by Crippen LogP contribution is -2.47. The predicted octanol–water partition coefficient (Wildman–Crippen LogP) is 3.61. The van der Waals surface area contributed by atoms with Crippen LogP contribution in [0.25, 0.3) is 28.2 Å². The topological polar surface area (TPSA) is 127 Å². The van der Waals surface area contributed by atoms with Crippen LogP contribution in [-0.2, 0) is 21.5 Å². The molecule has 2 amide bonds. The van der Waals surface area contributed by atoms with E-state index in [4.69, 9.17) is 9.88 Å². The number of carbonyl (C=O) groups excluding carboxylic acids is 2. The minimum atomic E-state index is -4.23. The molecule has 1 saturated carbocycles. The van der Waals surface area contributed by atoms with Crippen molar-refractivity contribution in [2.24, 2.45) is 5.14 Å². The lowest BCUT2D eigenvalue weighted by atomic mass is 9.81. The summed E-state index contributed by atoms with van der Waals surface area (Å²) in [6.45, 7) is 1.92. The maximum atomic E-state index is 14.3. The number of rotatable bonds is 5. The Bertz CT molecular complexity index is 1790. The number of likely N-dealkylation sites (tertiary alicyclic amines) is 2. The molecule has 10 nitrogen and oxygen atoms in total. The molecular weight excluding hydrogens is 566 g/mol. The van der Waals surface area contributed by atoms with Gasteiger partial charge in [-0.25, -0.2) is 9.86 Å². The molecule has 2 unspecified atom stereocenters. The van der Waals surface area contributed by atoms with Gasteiger partial charge in [0.25, 0.3) is 22.0 Å². The van der Waals surface area contributed by atoms with Gasteiger partial charge < -0.3 is 14.2 Å². The van der Waals surface area contributed by atoms with Gasteiger partial charge in [-0.05, 0) is 79.8 Å². The first-order valence-electron chi connectivity index (χ1n) is 15.0. The first kappa shape index (κ1) is 28.1. The van der Waals surface area contributed by atoms with Crippen molar-refractivity contribution in [1.82, 2.24) is 19.1 Å². The number of ether oxygens (including phenoxy) is 1. The number of benzene rings is 2. The van der Waals surface area contributed by atoms with Crippen molar-refractivity contribution >= 4 is 39.0 Å². The molecule has 3 aromatic rings. The molecule has 43 heavy (non-hydrogen) atoms. The number of amides is 2. The number of carbonyl (C=O) groups is 2. The third-order valence-electron chi connectivity index (χ3n) is 9.84. The van der Waals surface area contributed by atoms with Crippen LogP contribution in [0.5, 0.6) is 5.75 Å². The number of fused-ring (bicyclic) bond motifs is 7. The molecule has 7 rings (SSSR count). The molecule has 4 heterocycles. The summed E-state index contributed by atoms with van der Waals surface area (Å²) in [6, 6.07) is 11.9. The van der Waals surface area contributed by atoms with Crippen molar-refractivity contribution in [3.8, 4) is 17.0 Å². The Morgan fingerprint density at radius 1 is 1.02 bits per heavy atom. The van der Waals surface area contributed by atoms with Crippen LogP contribution < -0.4 is 14.6 Å². The van der Waals surface area contributed by atoms with Gasteiger partial charge in [0.2, 0.25) is 0 Å². The summed E-state index contributed by atoms with van der Waals surface area (Å²) in [6.07, 6.45) is 8.64. The van der Waals surface area contributed by atoms with Crippen LogP contribution in [0, 0.1) is 0 Å². The van der Waals surface area contributed by atoms with Crippen LogP contribution >= 0.6 is 0 Å². The van der Waals surface area contributed by atoms with Crippen LogP contribution in [0.1, 0.15) is 65.9 Å². The summed E-state index contributed by atoms with van der Waals surface area (Å²) >= 11 is 0. The molecular formula is C32H37N5O5S. The number of likely N-dealkylation sites (N-methyl/N-ethyl adjacent to an activating group) is 1. The quantitative estimate of drug-likeness (QED) is 0.459. The highest BCUT2D eigenvalue weighted by molar-refractivity contribution is 7.87. The third kappa shape index (κ3) is 4.93. The zero-order valence-electron chi connectivity index (χ0n) is 24.5. The highest BCUT2D eigenvalue weighted by Crippen LogP contribution is 2.47. The minimum Gasteiger partial charge on any atom is -0.497 e. The van der Waals surface area contributed by atoms with E-state index in [9.17, 15) is 18.0 Å². The molecule has 3 aliphatic heterocycles. The highest BCUT2D eigenvalue weighted by Gasteiger charge is 2.44. The number of methoxy groups -OCH3 is 1. The van der Waals surface area contributed by atoms with Crippen LogP contribution in [0.4, 0.5) is 0 Å². The second-order valence-electron chi connectivity index (χ2n) is 12.5. The lowest BCUT2D eigenvalue weighted by Gasteiger charge is -2.32. The number of hydrogen-bond acceptors (Lipinski definition) is 6. The fourth-order valence-electron chi connectivity index (χ4n) is 7.80. The Hall–Kier alpha value is -3.67. The Morgan fingerprint density at radius 2 is 1.81 bits per heavy atom. The number of aromatic nitrogens is 1. The van der Waals surface area contributed by atoms with E-state index in [1.807, 2.05) is 33.9 Å². The molecule has 3 fully saturated rings. The normalized spacial score (nSPS) is 22.2. The number of nitrogens with zero attached hydrogens (tertiary/aromatic N) is 3. The Labute approximate surface area is 251 Å². The Balaban J connectivity index is 1.43.